The summed E-state index contributed by atoms with van der Waals surface area (Å²) < 4.78 is 0. The van der Waals surface area contributed by atoms with Crippen LogP contribution in [0, 0.1) is 6.92 Å². The van der Waals surface area contributed by atoms with E-state index in [0.29, 0.717) is 6.04 Å². The van der Waals surface area contributed by atoms with Gasteiger partial charge in [0.25, 0.3) is 0 Å². The van der Waals surface area contributed by atoms with Crippen LogP contribution in [0.3, 0.4) is 0 Å². The summed E-state index contributed by atoms with van der Waals surface area (Å²) in [6.45, 7) is 7.27. The van der Waals surface area contributed by atoms with Crippen LogP contribution < -0.4 is 10.6 Å². The number of anilines is 1. The fraction of sp³-hybridized carbons (Fsp3) is 0.538. The molecular weight excluding hydrogens is 184 g/mol. The van der Waals surface area contributed by atoms with Crippen LogP contribution in [0.25, 0.3) is 0 Å². The van der Waals surface area contributed by atoms with E-state index in [-0.39, 0.29) is 0 Å². The van der Waals surface area contributed by atoms with Crippen molar-refractivity contribution < 1.29 is 0 Å². The zero-order valence-electron chi connectivity index (χ0n) is 10.2. The summed E-state index contributed by atoms with van der Waals surface area (Å²) in [5.41, 5.74) is 9.54. The monoisotopic (exact) mass is 206 g/mol. The minimum atomic E-state index is 0.532. The first-order valence-corrected chi connectivity index (χ1v) is 5.58. The summed E-state index contributed by atoms with van der Waals surface area (Å²) in [5.74, 6) is 0. The summed E-state index contributed by atoms with van der Waals surface area (Å²) in [7, 11) is 2.13. The Morgan fingerprint density at radius 1 is 1.33 bits per heavy atom. The van der Waals surface area contributed by atoms with Gasteiger partial charge in [0.15, 0.2) is 0 Å². The van der Waals surface area contributed by atoms with E-state index in [1.54, 1.807) is 0 Å². The molecule has 0 unspecified atom stereocenters. The maximum absolute atomic E-state index is 5.57. The second-order valence-corrected chi connectivity index (χ2v) is 4.35. The van der Waals surface area contributed by atoms with Gasteiger partial charge in [-0.2, -0.15) is 0 Å². The third-order valence-corrected chi connectivity index (χ3v) is 2.92. The van der Waals surface area contributed by atoms with Crippen molar-refractivity contribution in [3.05, 3.63) is 29.3 Å². The molecule has 0 saturated heterocycles. The lowest BCUT2D eigenvalue weighted by Gasteiger charge is -2.24. The summed E-state index contributed by atoms with van der Waals surface area (Å²) in [5, 5.41) is 0. The molecule has 2 N–H and O–H groups in total. The zero-order chi connectivity index (χ0) is 11.4. The van der Waals surface area contributed by atoms with Crippen LogP contribution in [0.2, 0.25) is 0 Å². The predicted molar refractivity (Wildman–Crippen MR) is 67.5 cm³/mol. The maximum Gasteiger partial charge on any atom is 0.0368 e. The second kappa shape index (κ2) is 5.17. The molecule has 0 spiro atoms. The van der Waals surface area contributed by atoms with Gasteiger partial charge in [-0.3, -0.25) is 0 Å². The Kier molecular flexibility index (Phi) is 4.15. The number of hydrogen-bond acceptors (Lipinski definition) is 2. The van der Waals surface area contributed by atoms with Crippen molar-refractivity contribution in [1.82, 2.24) is 0 Å². The van der Waals surface area contributed by atoms with Gasteiger partial charge in [0.2, 0.25) is 0 Å². The highest BCUT2D eigenvalue weighted by Crippen LogP contribution is 2.19. The first-order valence-electron chi connectivity index (χ1n) is 5.58. The Hall–Kier alpha value is -1.02. The molecule has 0 bridgehead atoms. The SMILES string of the molecule is Cc1cc(N(C)C(C)C)ccc1CCN. The van der Waals surface area contributed by atoms with Gasteiger partial charge in [-0.1, -0.05) is 6.07 Å². The molecule has 0 radical (unpaired) electrons. The lowest BCUT2D eigenvalue weighted by molar-refractivity contribution is 0.754. The predicted octanol–water partition coefficient (Wildman–Crippen LogP) is 2.34. The molecule has 0 saturated carbocycles. The molecule has 0 aliphatic heterocycles. The number of hydrogen-bond donors (Lipinski definition) is 1. The fourth-order valence-electron chi connectivity index (χ4n) is 1.63. The molecule has 0 fully saturated rings. The molecular formula is C13H22N2. The van der Waals surface area contributed by atoms with Crippen molar-refractivity contribution in [3.63, 3.8) is 0 Å². The molecule has 0 aliphatic carbocycles. The Labute approximate surface area is 93.1 Å². The van der Waals surface area contributed by atoms with E-state index in [1.807, 2.05) is 0 Å². The van der Waals surface area contributed by atoms with Crippen LogP contribution in [0.5, 0.6) is 0 Å². The minimum Gasteiger partial charge on any atom is -0.372 e. The van der Waals surface area contributed by atoms with Crippen molar-refractivity contribution in [2.75, 3.05) is 18.5 Å². The quantitative estimate of drug-likeness (QED) is 0.819. The number of nitrogens with zero attached hydrogens (tertiary/aromatic N) is 1. The van der Waals surface area contributed by atoms with Crippen LogP contribution in [0.1, 0.15) is 25.0 Å². The molecule has 0 aliphatic rings. The lowest BCUT2D eigenvalue weighted by Crippen LogP contribution is -2.25. The van der Waals surface area contributed by atoms with Gasteiger partial charge in [-0.25, -0.2) is 0 Å². The second-order valence-electron chi connectivity index (χ2n) is 4.35. The number of rotatable bonds is 4. The zero-order valence-corrected chi connectivity index (χ0v) is 10.2. The standard InChI is InChI=1S/C13H22N2/c1-10(2)15(4)13-6-5-12(7-8-14)11(3)9-13/h5-6,9-10H,7-8,14H2,1-4H3. The van der Waals surface area contributed by atoms with E-state index in [0.717, 1.165) is 13.0 Å². The molecule has 15 heavy (non-hydrogen) atoms. The Morgan fingerprint density at radius 2 is 2.00 bits per heavy atom. The van der Waals surface area contributed by atoms with Gasteiger partial charge in [0.1, 0.15) is 0 Å². The van der Waals surface area contributed by atoms with Crippen molar-refractivity contribution in [2.45, 2.75) is 33.2 Å². The Bertz CT molecular complexity index is 318. The van der Waals surface area contributed by atoms with Crippen molar-refractivity contribution in [2.24, 2.45) is 5.73 Å². The van der Waals surface area contributed by atoms with E-state index in [4.69, 9.17) is 5.73 Å². The minimum absolute atomic E-state index is 0.532. The lowest BCUT2D eigenvalue weighted by atomic mass is 10.0. The summed E-state index contributed by atoms with van der Waals surface area (Å²) in [6, 6.07) is 7.14. The van der Waals surface area contributed by atoms with E-state index >= 15 is 0 Å². The highest BCUT2D eigenvalue weighted by molar-refractivity contribution is 5.50. The molecule has 1 aromatic rings. The summed E-state index contributed by atoms with van der Waals surface area (Å²) >= 11 is 0. The molecule has 1 rings (SSSR count). The number of benzene rings is 1. The van der Waals surface area contributed by atoms with Crippen LogP contribution in [-0.2, 0) is 6.42 Å². The van der Waals surface area contributed by atoms with Crippen LogP contribution in [0.15, 0.2) is 18.2 Å². The smallest absolute Gasteiger partial charge is 0.0368 e. The van der Waals surface area contributed by atoms with Gasteiger partial charge < -0.3 is 10.6 Å². The topological polar surface area (TPSA) is 29.3 Å². The van der Waals surface area contributed by atoms with Gasteiger partial charge >= 0.3 is 0 Å². The highest BCUT2D eigenvalue weighted by Gasteiger charge is 2.06. The molecule has 0 aromatic heterocycles. The third kappa shape index (κ3) is 2.96. The van der Waals surface area contributed by atoms with E-state index < -0.39 is 0 Å². The first-order chi connectivity index (χ1) is 7.06. The average Bonchev–Trinajstić information content (AvgIpc) is 2.20. The molecule has 1 aromatic carbocycles. The normalized spacial score (nSPS) is 10.8. The Balaban J connectivity index is 2.90. The summed E-state index contributed by atoms with van der Waals surface area (Å²) in [4.78, 5) is 2.28. The average molecular weight is 206 g/mol. The van der Waals surface area contributed by atoms with E-state index in [2.05, 4.69) is 50.9 Å². The highest BCUT2D eigenvalue weighted by atomic mass is 15.1. The van der Waals surface area contributed by atoms with Crippen molar-refractivity contribution >= 4 is 5.69 Å². The van der Waals surface area contributed by atoms with Gasteiger partial charge in [-0.15, -0.1) is 0 Å². The molecule has 0 amide bonds. The Morgan fingerprint density at radius 3 is 2.47 bits per heavy atom. The third-order valence-electron chi connectivity index (χ3n) is 2.92. The van der Waals surface area contributed by atoms with Crippen molar-refractivity contribution in [1.29, 1.82) is 0 Å². The van der Waals surface area contributed by atoms with E-state index in [9.17, 15) is 0 Å². The molecule has 84 valence electrons. The number of nitrogens with two attached hydrogens (primary N) is 1. The van der Waals surface area contributed by atoms with Crippen molar-refractivity contribution in [3.8, 4) is 0 Å². The molecule has 2 heteroatoms. The molecule has 0 heterocycles. The largest absolute Gasteiger partial charge is 0.372 e. The van der Waals surface area contributed by atoms with Crippen LogP contribution in [0.4, 0.5) is 5.69 Å². The number of aryl methyl sites for hydroxylation is 1. The molecule has 2 nitrogen and oxygen atoms in total. The first kappa shape index (κ1) is 12.1. The van der Waals surface area contributed by atoms with Crippen LogP contribution >= 0.6 is 0 Å². The van der Waals surface area contributed by atoms with Gasteiger partial charge in [0, 0.05) is 18.8 Å². The fourth-order valence-corrected chi connectivity index (χ4v) is 1.63. The van der Waals surface area contributed by atoms with Crippen LogP contribution in [-0.4, -0.2) is 19.6 Å². The maximum atomic E-state index is 5.57. The van der Waals surface area contributed by atoms with Gasteiger partial charge in [-0.05, 0) is 57.0 Å². The molecule has 0 atom stereocenters. The summed E-state index contributed by atoms with van der Waals surface area (Å²) in [6.07, 6.45) is 0.970. The van der Waals surface area contributed by atoms with E-state index in [1.165, 1.54) is 16.8 Å². The van der Waals surface area contributed by atoms with Gasteiger partial charge in [0.05, 0.1) is 0 Å².